The normalized spacial score (nSPS) is 9.76. The zero-order valence-electron chi connectivity index (χ0n) is 10.7. The lowest BCUT2D eigenvalue weighted by atomic mass is 10.0. The van der Waals surface area contributed by atoms with Crippen molar-refractivity contribution in [3.63, 3.8) is 0 Å². The summed E-state index contributed by atoms with van der Waals surface area (Å²) in [5.41, 5.74) is 2.88. The molecule has 0 aliphatic rings. The van der Waals surface area contributed by atoms with Crippen LogP contribution in [0.5, 0.6) is 0 Å². The van der Waals surface area contributed by atoms with E-state index in [0.29, 0.717) is 19.5 Å². The van der Waals surface area contributed by atoms with Crippen LogP contribution < -0.4 is 0 Å². The molecule has 17 heavy (non-hydrogen) atoms. The van der Waals surface area contributed by atoms with Gasteiger partial charge in [0.05, 0.1) is 12.5 Å². The summed E-state index contributed by atoms with van der Waals surface area (Å²) in [4.78, 5) is 14.0. The highest BCUT2D eigenvalue weighted by Crippen LogP contribution is 2.15. The third-order valence-electron chi connectivity index (χ3n) is 3.00. The Bertz CT molecular complexity index is 446. The van der Waals surface area contributed by atoms with E-state index in [1.165, 1.54) is 0 Å². The standard InChI is InChI=1S/C14H18N2O/c1-4-16(10-6-9-15)14(17)13-8-5-7-11(2)12(13)3/h5,7-8H,4,6,10H2,1-3H3. The molecule has 0 spiro atoms. The van der Waals surface area contributed by atoms with E-state index in [1.807, 2.05) is 39.0 Å². The van der Waals surface area contributed by atoms with E-state index in [1.54, 1.807) is 4.90 Å². The van der Waals surface area contributed by atoms with Crippen molar-refractivity contribution >= 4 is 5.91 Å². The molecule has 1 aromatic carbocycles. The zero-order valence-corrected chi connectivity index (χ0v) is 10.7. The lowest BCUT2D eigenvalue weighted by molar-refractivity contribution is 0.0767. The first-order chi connectivity index (χ1) is 8.11. The molecule has 0 heterocycles. The highest BCUT2D eigenvalue weighted by atomic mass is 16.2. The molecule has 0 N–H and O–H groups in total. The molecule has 0 fully saturated rings. The van der Waals surface area contributed by atoms with E-state index >= 15 is 0 Å². The van der Waals surface area contributed by atoms with Crippen LogP contribution in [0.25, 0.3) is 0 Å². The van der Waals surface area contributed by atoms with E-state index < -0.39 is 0 Å². The largest absolute Gasteiger partial charge is 0.338 e. The Labute approximate surface area is 103 Å². The number of carbonyl (C=O) groups excluding carboxylic acids is 1. The molecule has 90 valence electrons. The van der Waals surface area contributed by atoms with Crippen molar-refractivity contribution in [2.75, 3.05) is 13.1 Å². The van der Waals surface area contributed by atoms with Gasteiger partial charge in [0.1, 0.15) is 0 Å². The predicted octanol–water partition coefficient (Wildman–Crippen LogP) is 2.68. The lowest BCUT2D eigenvalue weighted by Crippen LogP contribution is -2.32. The van der Waals surface area contributed by atoms with E-state index in [9.17, 15) is 4.79 Å². The summed E-state index contributed by atoms with van der Waals surface area (Å²) in [5, 5.41) is 8.57. The number of nitriles is 1. The van der Waals surface area contributed by atoms with Gasteiger partial charge in [-0.15, -0.1) is 0 Å². The van der Waals surface area contributed by atoms with Gasteiger partial charge in [0.2, 0.25) is 0 Å². The van der Waals surface area contributed by atoms with E-state index in [2.05, 4.69) is 6.07 Å². The summed E-state index contributed by atoms with van der Waals surface area (Å²) in [6, 6.07) is 7.81. The first kappa shape index (κ1) is 13.2. The van der Waals surface area contributed by atoms with Crippen LogP contribution in [0.2, 0.25) is 0 Å². The van der Waals surface area contributed by atoms with Crippen molar-refractivity contribution in [1.82, 2.24) is 4.90 Å². The SMILES string of the molecule is CCN(CCC#N)C(=O)c1cccc(C)c1C. The summed E-state index contributed by atoms with van der Waals surface area (Å²) < 4.78 is 0. The number of aryl methyl sites for hydroxylation is 1. The molecule has 1 aromatic rings. The fraction of sp³-hybridized carbons (Fsp3) is 0.429. The first-order valence-electron chi connectivity index (χ1n) is 5.84. The van der Waals surface area contributed by atoms with Crippen LogP contribution in [0.15, 0.2) is 18.2 Å². The van der Waals surface area contributed by atoms with Gasteiger partial charge in [0.15, 0.2) is 0 Å². The van der Waals surface area contributed by atoms with Gasteiger partial charge in [0.25, 0.3) is 5.91 Å². The quantitative estimate of drug-likeness (QED) is 0.798. The van der Waals surface area contributed by atoms with Gasteiger partial charge >= 0.3 is 0 Å². The van der Waals surface area contributed by atoms with E-state index in [-0.39, 0.29) is 5.91 Å². The second kappa shape index (κ2) is 6.05. The molecular formula is C14H18N2O. The molecule has 0 aliphatic carbocycles. The van der Waals surface area contributed by atoms with Gasteiger partial charge in [-0.05, 0) is 38.0 Å². The molecule has 0 atom stereocenters. The van der Waals surface area contributed by atoms with Crippen LogP contribution in [0, 0.1) is 25.2 Å². The fourth-order valence-corrected chi connectivity index (χ4v) is 1.74. The molecule has 0 saturated heterocycles. The average Bonchev–Trinajstić information content (AvgIpc) is 2.33. The molecule has 0 bridgehead atoms. The molecule has 3 nitrogen and oxygen atoms in total. The number of carbonyl (C=O) groups is 1. The zero-order chi connectivity index (χ0) is 12.8. The van der Waals surface area contributed by atoms with Crippen molar-refractivity contribution in [2.24, 2.45) is 0 Å². The molecule has 1 rings (SSSR count). The van der Waals surface area contributed by atoms with Gasteiger partial charge < -0.3 is 4.90 Å². The minimum absolute atomic E-state index is 0.0175. The fourth-order valence-electron chi connectivity index (χ4n) is 1.74. The van der Waals surface area contributed by atoms with Crippen LogP contribution in [0.4, 0.5) is 0 Å². The van der Waals surface area contributed by atoms with Crippen LogP contribution in [0.3, 0.4) is 0 Å². The van der Waals surface area contributed by atoms with Crippen molar-refractivity contribution in [3.05, 3.63) is 34.9 Å². The smallest absolute Gasteiger partial charge is 0.254 e. The third-order valence-corrected chi connectivity index (χ3v) is 3.00. The Balaban J connectivity index is 2.94. The molecule has 0 unspecified atom stereocenters. The van der Waals surface area contributed by atoms with Gasteiger partial charge in [-0.25, -0.2) is 0 Å². The maximum atomic E-state index is 12.3. The van der Waals surface area contributed by atoms with E-state index in [0.717, 1.165) is 16.7 Å². The third kappa shape index (κ3) is 3.07. The number of rotatable bonds is 4. The lowest BCUT2D eigenvalue weighted by Gasteiger charge is -2.21. The Kier molecular flexibility index (Phi) is 4.71. The number of amides is 1. The highest BCUT2D eigenvalue weighted by molar-refractivity contribution is 5.95. The summed E-state index contributed by atoms with van der Waals surface area (Å²) in [6.07, 6.45) is 0.379. The van der Waals surface area contributed by atoms with E-state index in [4.69, 9.17) is 5.26 Å². The summed E-state index contributed by atoms with van der Waals surface area (Å²) in [7, 11) is 0. The molecular weight excluding hydrogens is 212 g/mol. The molecule has 0 saturated carbocycles. The molecule has 3 heteroatoms. The van der Waals surface area contributed by atoms with Crippen LogP contribution in [-0.4, -0.2) is 23.9 Å². The molecule has 0 radical (unpaired) electrons. The maximum Gasteiger partial charge on any atom is 0.254 e. The number of benzene rings is 1. The van der Waals surface area contributed by atoms with Gasteiger partial charge in [-0.1, -0.05) is 12.1 Å². The predicted molar refractivity (Wildman–Crippen MR) is 67.7 cm³/mol. The van der Waals surface area contributed by atoms with Crippen LogP contribution in [0.1, 0.15) is 34.8 Å². The Morgan fingerprint density at radius 2 is 2.12 bits per heavy atom. The van der Waals surface area contributed by atoms with Crippen LogP contribution in [-0.2, 0) is 0 Å². The van der Waals surface area contributed by atoms with Crippen molar-refractivity contribution in [3.8, 4) is 6.07 Å². The minimum Gasteiger partial charge on any atom is -0.338 e. The van der Waals surface area contributed by atoms with Gasteiger partial charge in [-0.2, -0.15) is 5.26 Å². The Morgan fingerprint density at radius 3 is 2.71 bits per heavy atom. The summed E-state index contributed by atoms with van der Waals surface area (Å²) in [5.74, 6) is 0.0175. The molecule has 0 aromatic heterocycles. The molecule has 0 aliphatic heterocycles. The van der Waals surface area contributed by atoms with Crippen LogP contribution >= 0.6 is 0 Å². The highest BCUT2D eigenvalue weighted by Gasteiger charge is 2.16. The van der Waals surface area contributed by atoms with Crippen molar-refractivity contribution < 1.29 is 4.79 Å². The van der Waals surface area contributed by atoms with Gasteiger partial charge in [0, 0.05) is 18.7 Å². The maximum absolute atomic E-state index is 12.3. The average molecular weight is 230 g/mol. The summed E-state index contributed by atoms with van der Waals surface area (Å²) >= 11 is 0. The monoisotopic (exact) mass is 230 g/mol. The van der Waals surface area contributed by atoms with Crippen molar-refractivity contribution in [1.29, 1.82) is 5.26 Å². The summed E-state index contributed by atoms with van der Waals surface area (Å²) in [6.45, 7) is 7.02. The topological polar surface area (TPSA) is 44.1 Å². The second-order valence-electron chi connectivity index (χ2n) is 4.04. The second-order valence-corrected chi connectivity index (χ2v) is 4.04. The Morgan fingerprint density at radius 1 is 1.41 bits per heavy atom. The molecule has 1 amide bonds. The Hall–Kier alpha value is -1.82. The first-order valence-corrected chi connectivity index (χ1v) is 5.84. The number of hydrogen-bond donors (Lipinski definition) is 0. The van der Waals surface area contributed by atoms with Crippen molar-refractivity contribution in [2.45, 2.75) is 27.2 Å². The minimum atomic E-state index is 0.0175. The number of nitrogens with zero attached hydrogens (tertiary/aromatic N) is 2. The number of hydrogen-bond acceptors (Lipinski definition) is 2. The van der Waals surface area contributed by atoms with Gasteiger partial charge in [-0.3, -0.25) is 4.79 Å².